The van der Waals surface area contributed by atoms with Crippen molar-refractivity contribution in [2.24, 2.45) is 7.05 Å². The number of aliphatic hydroxyl groups is 1. The van der Waals surface area contributed by atoms with E-state index in [0.29, 0.717) is 12.0 Å². The van der Waals surface area contributed by atoms with E-state index in [-0.39, 0.29) is 11.9 Å². The van der Waals surface area contributed by atoms with E-state index in [4.69, 9.17) is 9.15 Å². The summed E-state index contributed by atoms with van der Waals surface area (Å²) in [6.07, 6.45) is 4.67. The maximum atomic E-state index is 11.5. The fourth-order valence-electron chi connectivity index (χ4n) is 2.90. The van der Waals surface area contributed by atoms with Gasteiger partial charge in [-0.2, -0.15) is 0 Å². The summed E-state index contributed by atoms with van der Waals surface area (Å²) in [5, 5.41) is 10.3. The Morgan fingerprint density at radius 2 is 2.29 bits per heavy atom. The third kappa shape index (κ3) is 3.04. The fraction of sp³-hybridized carbons (Fsp3) is 0.562. The van der Waals surface area contributed by atoms with Crippen molar-refractivity contribution >= 4 is 11.1 Å². The second kappa shape index (κ2) is 6.03. The van der Waals surface area contributed by atoms with Crippen molar-refractivity contribution in [3.63, 3.8) is 0 Å². The van der Waals surface area contributed by atoms with Crippen LogP contribution in [0, 0.1) is 0 Å². The average molecular weight is 291 g/mol. The Morgan fingerprint density at radius 1 is 1.43 bits per heavy atom. The number of nitrogens with zero attached hydrogens (tertiary/aromatic N) is 1. The molecule has 1 aromatic heterocycles. The fourth-order valence-corrected chi connectivity index (χ4v) is 2.90. The first-order valence-corrected chi connectivity index (χ1v) is 7.54. The van der Waals surface area contributed by atoms with Gasteiger partial charge in [-0.15, -0.1) is 0 Å². The number of rotatable bonds is 4. The predicted octanol–water partition coefficient (Wildman–Crippen LogP) is 2.51. The van der Waals surface area contributed by atoms with E-state index in [1.807, 2.05) is 12.1 Å². The van der Waals surface area contributed by atoms with Gasteiger partial charge in [0.15, 0.2) is 5.58 Å². The first-order valence-electron chi connectivity index (χ1n) is 7.54. The molecule has 5 heteroatoms. The van der Waals surface area contributed by atoms with Crippen molar-refractivity contribution < 1.29 is 14.3 Å². The van der Waals surface area contributed by atoms with E-state index in [1.165, 1.54) is 11.0 Å². The van der Waals surface area contributed by atoms with Crippen LogP contribution in [-0.4, -0.2) is 22.4 Å². The van der Waals surface area contributed by atoms with Gasteiger partial charge in [0.1, 0.15) is 0 Å². The van der Waals surface area contributed by atoms with E-state index in [1.54, 1.807) is 13.1 Å². The minimum atomic E-state index is -0.551. The first-order chi connectivity index (χ1) is 10.1. The summed E-state index contributed by atoms with van der Waals surface area (Å²) < 4.78 is 12.3. The van der Waals surface area contributed by atoms with Crippen LogP contribution in [0.5, 0.6) is 0 Å². The smallest absolute Gasteiger partial charge is 0.408 e. The molecule has 0 aliphatic carbocycles. The lowest BCUT2D eigenvalue weighted by molar-refractivity contribution is 0.00213. The van der Waals surface area contributed by atoms with E-state index in [9.17, 15) is 9.90 Å². The summed E-state index contributed by atoms with van der Waals surface area (Å²) in [4.78, 5) is 11.5. The monoisotopic (exact) mass is 291 g/mol. The molecule has 2 atom stereocenters. The van der Waals surface area contributed by atoms with Gasteiger partial charge in [0.2, 0.25) is 0 Å². The molecule has 1 N–H and O–H groups in total. The zero-order valence-corrected chi connectivity index (χ0v) is 12.2. The molecule has 0 spiro atoms. The lowest BCUT2D eigenvalue weighted by atomic mass is 9.99. The van der Waals surface area contributed by atoms with Crippen molar-refractivity contribution in [2.75, 3.05) is 6.61 Å². The van der Waals surface area contributed by atoms with Crippen molar-refractivity contribution in [2.45, 2.75) is 44.3 Å². The van der Waals surface area contributed by atoms with Gasteiger partial charge in [-0.05, 0) is 49.8 Å². The maximum absolute atomic E-state index is 11.5. The minimum Gasteiger partial charge on any atom is -0.408 e. The summed E-state index contributed by atoms with van der Waals surface area (Å²) >= 11 is 0. The molecule has 1 fully saturated rings. The number of hydrogen-bond acceptors (Lipinski definition) is 4. The third-order valence-corrected chi connectivity index (χ3v) is 4.24. The van der Waals surface area contributed by atoms with Crippen molar-refractivity contribution in [3.8, 4) is 0 Å². The first kappa shape index (κ1) is 14.4. The number of benzene rings is 1. The van der Waals surface area contributed by atoms with Gasteiger partial charge in [-0.25, -0.2) is 4.79 Å². The Balaban J connectivity index is 1.69. The Bertz CT molecular complexity index is 666. The molecule has 1 aliphatic heterocycles. The Hall–Kier alpha value is -1.59. The molecule has 5 nitrogen and oxygen atoms in total. The highest BCUT2D eigenvalue weighted by Gasteiger charge is 2.17. The molecule has 2 unspecified atom stereocenters. The van der Waals surface area contributed by atoms with Gasteiger partial charge < -0.3 is 14.3 Å². The Morgan fingerprint density at radius 3 is 3.05 bits per heavy atom. The van der Waals surface area contributed by atoms with Crippen LogP contribution in [0.1, 0.15) is 43.8 Å². The van der Waals surface area contributed by atoms with Gasteiger partial charge in [0.05, 0.1) is 17.7 Å². The molecule has 1 saturated heterocycles. The molecule has 0 bridgehead atoms. The normalized spacial score (nSPS) is 20.8. The summed E-state index contributed by atoms with van der Waals surface area (Å²) in [5.41, 5.74) is 2.05. The van der Waals surface area contributed by atoms with E-state index in [0.717, 1.165) is 36.9 Å². The molecule has 2 heterocycles. The maximum Gasteiger partial charge on any atom is 0.419 e. The number of ether oxygens (including phenoxy) is 1. The summed E-state index contributed by atoms with van der Waals surface area (Å²) in [7, 11) is 1.67. The van der Waals surface area contributed by atoms with Gasteiger partial charge >= 0.3 is 5.76 Å². The summed E-state index contributed by atoms with van der Waals surface area (Å²) in [6, 6.07) is 5.42. The minimum absolute atomic E-state index is 0.270. The van der Waals surface area contributed by atoms with Crippen LogP contribution in [-0.2, 0) is 11.8 Å². The third-order valence-electron chi connectivity index (χ3n) is 4.24. The topological polar surface area (TPSA) is 64.6 Å². The van der Waals surface area contributed by atoms with Crippen LogP contribution in [0.3, 0.4) is 0 Å². The lowest BCUT2D eigenvalue weighted by Crippen LogP contribution is -2.19. The van der Waals surface area contributed by atoms with Crippen LogP contribution >= 0.6 is 0 Å². The van der Waals surface area contributed by atoms with E-state index < -0.39 is 6.10 Å². The molecule has 0 amide bonds. The molecule has 1 aromatic carbocycles. The molecule has 21 heavy (non-hydrogen) atoms. The molecule has 1 aliphatic rings. The van der Waals surface area contributed by atoms with E-state index >= 15 is 0 Å². The zero-order valence-electron chi connectivity index (χ0n) is 12.2. The number of aromatic nitrogens is 1. The predicted molar refractivity (Wildman–Crippen MR) is 79.2 cm³/mol. The second-order valence-corrected chi connectivity index (χ2v) is 5.74. The number of hydrogen-bond donors (Lipinski definition) is 1. The number of aryl methyl sites for hydroxylation is 1. The highest BCUT2D eigenvalue weighted by molar-refractivity contribution is 5.73. The molecular weight excluding hydrogens is 270 g/mol. The van der Waals surface area contributed by atoms with Gasteiger partial charge in [-0.3, -0.25) is 4.57 Å². The highest BCUT2D eigenvalue weighted by Crippen LogP contribution is 2.25. The molecule has 2 aromatic rings. The quantitative estimate of drug-likeness (QED) is 0.940. The summed E-state index contributed by atoms with van der Waals surface area (Å²) in [6.45, 7) is 0.835. The zero-order chi connectivity index (χ0) is 14.8. The summed E-state index contributed by atoms with van der Waals surface area (Å²) in [5.74, 6) is -0.382. The highest BCUT2D eigenvalue weighted by atomic mass is 16.5. The van der Waals surface area contributed by atoms with Crippen LogP contribution < -0.4 is 5.76 Å². The Labute approximate surface area is 123 Å². The van der Waals surface area contributed by atoms with Crippen LogP contribution in [0.2, 0.25) is 0 Å². The molecule has 114 valence electrons. The van der Waals surface area contributed by atoms with Crippen molar-refractivity contribution in [1.82, 2.24) is 4.57 Å². The molecular formula is C16H21NO4. The SMILES string of the molecule is Cn1c(=O)oc2cc(C(O)CCC3CCCCO3)ccc21. The van der Waals surface area contributed by atoms with Gasteiger partial charge in [0, 0.05) is 13.7 Å². The largest absolute Gasteiger partial charge is 0.419 e. The molecule has 3 rings (SSSR count). The molecule has 0 saturated carbocycles. The second-order valence-electron chi connectivity index (χ2n) is 5.74. The number of fused-ring (bicyclic) bond motifs is 1. The number of aliphatic hydroxyl groups excluding tert-OH is 1. The van der Waals surface area contributed by atoms with Crippen LogP contribution in [0.4, 0.5) is 0 Å². The number of oxazole rings is 1. The van der Waals surface area contributed by atoms with Crippen molar-refractivity contribution in [1.29, 1.82) is 0 Å². The van der Waals surface area contributed by atoms with Crippen LogP contribution in [0.15, 0.2) is 27.4 Å². The van der Waals surface area contributed by atoms with Crippen molar-refractivity contribution in [3.05, 3.63) is 34.3 Å². The lowest BCUT2D eigenvalue weighted by Gasteiger charge is -2.23. The average Bonchev–Trinajstić information content (AvgIpc) is 2.80. The van der Waals surface area contributed by atoms with Gasteiger partial charge in [0.25, 0.3) is 0 Å². The van der Waals surface area contributed by atoms with Crippen LogP contribution in [0.25, 0.3) is 11.1 Å². The molecule has 0 radical (unpaired) electrons. The Kier molecular flexibility index (Phi) is 4.12. The standard InChI is InChI=1S/C16H21NO4/c1-17-13-7-5-11(10-15(13)21-16(17)19)14(18)8-6-12-4-2-3-9-20-12/h5,7,10,12,14,18H,2-4,6,8-9H2,1H3. The van der Waals surface area contributed by atoms with Gasteiger partial charge in [-0.1, -0.05) is 6.07 Å². The van der Waals surface area contributed by atoms with E-state index in [2.05, 4.69) is 0 Å².